The van der Waals surface area contributed by atoms with E-state index in [1.54, 1.807) is 56.4 Å². The maximum Gasteiger partial charge on any atom is 0.255 e. The molecule has 0 bridgehead atoms. The Labute approximate surface area is 356 Å². The topological polar surface area (TPSA) is 160 Å². The first kappa shape index (κ1) is 38.9. The number of hydrogen-bond acceptors (Lipinski definition) is 9. The molecule has 10 rings (SSSR count). The molecule has 2 N–H and O–H groups in total. The summed E-state index contributed by atoms with van der Waals surface area (Å²) < 4.78 is 0. The van der Waals surface area contributed by atoms with E-state index < -0.39 is 17.1 Å². The van der Waals surface area contributed by atoms with E-state index in [2.05, 4.69) is 15.0 Å². The number of hydrogen-bond donors (Lipinski definition) is 2. The number of piperazine rings is 2. The Bertz CT molecular complexity index is 2760. The van der Waals surface area contributed by atoms with Crippen molar-refractivity contribution < 1.29 is 29.4 Å². The van der Waals surface area contributed by atoms with Crippen LogP contribution in [-0.4, -0.2) is 132 Å². The Morgan fingerprint density at radius 1 is 0.607 bits per heavy atom. The minimum Gasteiger partial charge on any atom is -0.380 e. The highest BCUT2D eigenvalue weighted by Gasteiger charge is 2.61. The van der Waals surface area contributed by atoms with Crippen molar-refractivity contribution in [2.45, 2.75) is 36.4 Å². The first-order valence-electron chi connectivity index (χ1n) is 20.6. The molecule has 14 heteroatoms. The maximum absolute atomic E-state index is 13.7. The SMILES string of the molecule is O=C(c1ccc(-c2ccc3ncccc3c2)nc1)N1CCN(C(=O)C2(O)CC2c2cnc3ccc(-c4ccc(C(=O)N5CCN(C(=O)C6(O)CC6)CC5)c(Cl)c4)cc3c2)CC1. The molecule has 4 amide bonds. The third-order valence-electron chi connectivity index (χ3n) is 12.7. The predicted molar refractivity (Wildman–Crippen MR) is 229 cm³/mol. The molecule has 6 aromatic rings. The Morgan fingerprint density at radius 2 is 1.23 bits per heavy atom. The molecule has 2 atom stereocenters. The van der Waals surface area contributed by atoms with E-state index in [1.165, 1.54) is 0 Å². The molecule has 61 heavy (non-hydrogen) atoms. The lowest BCUT2D eigenvalue weighted by molar-refractivity contribution is -0.144. The number of pyridine rings is 3. The molecule has 4 aliphatic rings. The lowest BCUT2D eigenvalue weighted by atomic mass is 10.00. The van der Waals surface area contributed by atoms with E-state index in [-0.39, 0.29) is 30.0 Å². The van der Waals surface area contributed by atoms with Crippen molar-refractivity contribution in [3.05, 3.63) is 125 Å². The van der Waals surface area contributed by atoms with Crippen molar-refractivity contribution in [2.24, 2.45) is 0 Å². The molecule has 0 radical (unpaired) electrons. The van der Waals surface area contributed by atoms with E-state index in [4.69, 9.17) is 11.6 Å². The summed E-state index contributed by atoms with van der Waals surface area (Å²) in [5.74, 6) is -1.37. The van der Waals surface area contributed by atoms with Gasteiger partial charge in [0.05, 0.1) is 32.9 Å². The van der Waals surface area contributed by atoms with Gasteiger partial charge in [-0.05, 0) is 96.6 Å². The number of benzene rings is 3. The second-order valence-corrected chi connectivity index (χ2v) is 17.0. The fourth-order valence-corrected chi connectivity index (χ4v) is 8.94. The quantitative estimate of drug-likeness (QED) is 0.221. The zero-order valence-electron chi connectivity index (χ0n) is 33.2. The van der Waals surface area contributed by atoms with Gasteiger partial charge in [0.1, 0.15) is 5.60 Å². The normalized spacial score (nSPS) is 20.8. The Morgan fingerprint density at radius 3 is 1.92 bits per heavy atom. The van der Waals surface area contributed by atoms with Crippen LogP contribution in [0.1, 0.15) is 51.5 Å². The van der Waals surface area contributed by atoms with Crippen molar-refractivity contribution in [2.75, 3.05) is 52.4 Å². The lowest BCUT2D eigenvalue weighted by Gasteiger charge is -2.36. The van der Waals surface area contributed by atoms with Crippen molar-refractivity contribution >= 4 is 57.0 Å². The standard InChI is InChI=1S/C47H42ClN7O6/c48-38-25-30(3-7-36(38)43(57)53-16-18-54(19-17-53)44(58)46(60)11-12-46)29-4-8-41-34(22-29)24-35(28-51-41)37-26-47(37,61)45(59)55-20-14-52(15-21-55)42(56)33-6-10-40(50-27-33)32-5-9-39-31(23-32)2-1-13-49-39/h1-10,13,22-25,27-28,37,60-61H,11-12,14-21,26H2. The number of rotatable bonds is 7. The minimum absolute atomic E-state index is 0.152. The summed E-state index contributed by atoms with van der Waals surface area (Å²) in [6.07, 6.45) is 6.32. The monoisotopic (exact) mass is 835 g/mol. The number of nitrogens with zero attached hydrogens (tertiary/aromatic N) is 7. The van der Waals surface area contributed by atoms with Crippen molar-refractivity contribution in [1.29, 1.82) is 0 Å². The smallest absolute Gasteiger partial charge is 0.255 e. The largest absolute Gasteiger partial charge is 0.380 e. The van der Waals surface area contributed by atoms with E-state index in [1.807, 2.05) is 66.7 Å². The molecule has 5 heterocycles. The number of fused-ring (bicyclic) bond motifs is 2. The summed E-state index contributed by atoms with van der Waals surface area (Å²) in [5.41, 5.74) is 3.86. The fourth-order valence-electron chi connectivity index (χ4n) is 8.67. The lowest BCUT2D eigenvalue weighted by Crippen LogP contribution is -2.53. The highest BCUT2D eigenvalue weighted by atomic mass is 35.5. The van der Waals surface area contributed by atoms with E-state index >= 15 is 0 Å². The number of halogens is 1. The van der Waals surface area contributed by atoms with E-state index in [9.17, 15) is 29.4 Å². The zero-order chi connectivity index (χ0) is 42.0. The minimum atomic E-state index is -1.55. The van der Waals surface area contributed by atoms with Gasteiger partial charge in [-0.25, -0.2) is 0 Å². The molecule has 308 valence electrons. The highest BCUT2D eigenvalue weighted by molar-refractivity contribution is 6.34. The summed E-state index contributed by atoms with van der Waals surface area (Å²) in [5, 5.41) is 23.9. The number of aliphatic hydroxyl groups is 2. The van der Waals surface area contributed by atoms with Gasteiger partial charge in [-0.1, -0.05) is 35.9 Å². The van der Waals surface area contributed by atoms with Crippen molar-refractivity contribution in [3.8, 4) is 22.4 Å². The van der Waals surface area contributed by atoms with Gasteiger partial charge in [-0.15, -0.1) is 0 Å². The van der Waals surface area contributed by atoms with Crippen LogP contribution in [-0.2, 0) is 9.59 Å². The number of amides is 4. The van der Waals surface area contributed by atoms with Crippen LogP contribution in [0.4, 0.5) is 0 Å². The van der Waals surface area contributed by atoms with Crippen LogP contribution in [0.25, 0.3) is 44.2 Å². The van der Waals surface area contributed by atoms with Gasteiger partial charge >= 0.3 is 0 Å². The Hall–Kier alpha value is -6.28. The van der Waals surface area contributed by atoms with Gasteiger partial charge in [-0.3, -0.25) is 34.1 Å². The van der Waals surface area contributed by atoms with Crippen molar-refractivity contribution in [3.63, 3.8) is 0 Å². The molecular formula is C47H42ClN7O6. The van der Waals surface area contributed by atoms with Crippen LogP contribution < -0.4 is 0 Å². The summed E-state index contributed by atoms with van der Waals surface area (Å²) in [6.45, 7) is 2.76. The Kier molecular flexibility index (Phi) is 9.57. The molecule has 2 saturated carbocycles. The van der Waals surface area contributed by atoms with Gasteiger partial charge in [0.25, 0.3) is 23.6 Å². The predicted octanol–water partition coefficient (Wildman–Crippen LogP) is 5.18. The molecule has 3 aromatic heterocycles. The highest BCUT2D eigenvalue weighted by Crippen LogP contribution is 2.53. The van der Waals surface area contributed by atoms with E-state index in [0.717, 1.165) is 49.8 Å². The molecular weight excluding hydrogens is 794 g/mol. The first-order chi connectivity index (χ1) is 29.5. The van der Waals surface area contributed by atoms with Crippen LogP contribution in [0.2, 0.25) is 5.02 Å². The molecule has 2 aliphatic carbocycles. The van der Waals surface area contributed by atoms with Gasteiger partial charge < -0.3 is 29.8 Å². The van der Waals surface area contributed by atoms with Gasteiger partial charge in [0, 0.05) is 93.2 Å². The van der Waals surface area contributed by atoms with Crippen LogP contribution in [0.5, 0.6) is 0 Å². The first-order valence-corrected chi connectivity index (χ1v) is 21.0. The number of aromatic nitrogens is 3. The molecule has 2 saturated heterocycles. The number of carbonyl (C=O) groups is 4. The maximum atomic E-state index is 13.7. The molecule has 2 aliphatic heterocycles. The summed E-state index contributed by atoms with van der Waals surface area (Å²) in [6, 6.07) is 26.6. The number of carbonyl (C=O) groups excluding carboxylic acids is 4. The molecule has 2 unspecified atom stereocenters. The van der Waals surface area contributed by atoms with Crippen LogP contribution in [0.15, 0.2) is 104 Å². The Balaban J connectivity index is 0.756. The van der Waals surface area contributed by atoms with Crippen LogP contribution in [0.3, 0.4) is 0 Å². The van der Waals surface area contributed by atoms with Crippen LogP contribution in [0, 0.1) is 0 Å². The van der Waals surface area contributed by atoms with E-state index in [0.29, 0.717) is 81.3 Å². The third kappa shape index (κ3) is 7.26. The molecule has 0 spiro atoms. The van der Waals surface area contributed by atoms with Gasteiger partial charge in [0.15, 0.2) is 5.60 Å². The summed E-state index contributed by atoms with van der Waals surface area (Å²) >= 11 is 6.70. The van der Waals surface area contributed by atoms with Crippen molar-refractivity contribution in [1.82, 2.24) is 34.6 Å². The summed E-state index contributed by atoms with van der Waals surface area (Å²) in [7, 11) is 0. The zero-order valence-corrected chi connectivity index (χ0v) is 34.0. The average Bonchev–Trinajstić information content (AvgIpc) is 4.23. The van der Waals surface area contributed by atoms with Gasteiger partial charge in [0.2, 0.25) is 0 Å². The van der Waals surface area contributed by atoms with Gasteiger partial charge in [-0.2, -0.15) is 0 Å². The molecule has 3 aromatic carbocycles. The van der Waals surface area contributed by atoms with Crippen LogP contribution >= 0.6 is 11.6 Å². The average molecular weight is 836 g/mol. The summed E-state index contributed by atoms with van der Waals surface area (Å²) in [4.78, 5) is 73.3. The second-order valence-electron chi connectivity index (χ2n) is 16.6. The molecule has 4 fully saturated rings. The second kappa shape index (κ2) is 15.0. The third-order valence-corrected chi connectivity index (χ3v) is 13.0. The fraction of sp³-hybridized carbons (Fsp3) is 0.298. The molecule has 13 nitrogen and oxygen atoms in total.